The third-order valence-electron chi connectivity index (χ3n) is 5.39. The summed E-state index contributed by atoms with van der Waals surface area (Å²) < 4.78 is 5.27. The second-order valence-corrected chi connectivity index (χ2v) is 8.64. The number of nitrogen functional groups attached to an aromatic ring is 1. The minimum atomic E-state index is -0.369. The number of methoxy groups -OCH3 is 1. The van der Waals surface area contributed by atoms with Crippen LogP contribution in [-0.4, -0.2) is 41.9 Å². The van der Waals surface area contributed by atoms with Crippen LogP contribution in [0.2, 0.25) is 0 Å². The van der Waals surface area contributed by atoms with Gasteiger partial charge in [-0.25, -0.2) is 4.98 Å². The van der Waals surface area contributed by atoms with E-state index in [-0.39, 0.29) is 29.0 Å². The monoisotopic (exact) mass is 410 g/mol. The Morgan fingerprint density at radius 3 is 2.40 bits per heavy atom. The van der Waals surface area contributed by atoms with Crippen LogP contribution >= 0.6 is 0 Å². The average Bonchev–Trinajstić information content (AvgIpc) is 2.73. The first-order valence-electron chi connectivity index (χ1n) is 10.2. The number of pyridine rings is 1. The van der Waals surface area contributed by atoms with Gasteiger partial charge in [-0.15, -0.1) is 0 Å². The molecule has 1 aromatic carbocycles. The number of rotatable bonds is 4. The van der Waals surface area contributed by atoms with E-state index in [1.165, 1.54) is 0 Å². The Morgan fingerprint density at radius 1 is 1.13 bits per heavy atom. The summed E-state index contributed by atoms with van der Waals surface area (Å²) in [6, 6.07) is 10.8. The van der Waals surface area contributed by atoms with Gasteiger partial charge >= 0.3 is 0 Å². The van der Waals surface area contributed by atoms with Gasteiger partial charge in [0.25, 0.3) is 5.91 Å². The molecular weight excluding hydrogens is 380 g/mol. The van der Waals surface area contributed by atoms with E-state index in [1.807, 2.05) is 43.9 Å². The predicted molar refractivity (Wildman–Crippen MR) is 118 cm³/mol. The molecule has 30 heavy (non-hydrogen) atoms. The van der Waals surface area contributed by atoms with Crippen molar-refractivity contribution in [2.75, 3.05) is 31.2 Å². The molecule has 1 saturated heterocycles. The highest BCUT2D eigenvalue weighted by Gasteiger charge is 2.31. The highest BCUT2D eigenvalue weighted by Crippen LogP contribution is 2.30. The van der Waals surface area contributed by atoms with Crippen LogP contribution in [0, 0.1) is 5.41 Å². The number of amides is 2. The van der Waals surface area contributed by atoms with E-state index < -0.39 is 0 Å². The first-order valence-corrected chi connectivity index (χ1v) is 10.2. The van der Waals surface area contributed by atoms with Crippen LogP contribution in [0.15, 0.2) is 36.4 Å². The molecule has 1 aliphatic heterocycles. The minimum absolute atomic E-state index is 0.178. The van der Waals surface area contributed by atoms with E-state index in [4.69, 9.17) is 10.5 Å². The number of hydrogen-bond acceptors (Lipinski definition) is 5. The zero-order valence-corrected chi connectivity index (χ0v) is 18.1. The molecule has 0 radical (unpaired) electrons. The fourth-order valence-corrected chi connectivity index (χ4v) is 3.70. The molecule has 0 bridgehead atoms. The van der Waals surface area contributed by atoms with Crippen LogP contribution in [0.3, 0.4) is 0 Å². The maximum atomic E-state index is 12.7. The molecule has 0 saturated carbocycles. The average molecular weight is 411 g/mol. The summed E-state index contributed by atoms with van der Waals surface area (Å²) >= 11 is 0. The van der Waals surface area contributed by atoms with E-state index >= 15 is 0 Å². The van der Waals surface area contributed by atoms with Crippen molar-refractivity contribution >= 4 is 23.3 Å². The zero-order chi connectivity index (χ0) is 21.9. The van der Waals surface area contributed by atoms with E-state index in [9.17, 15) is 9.59 Å². The molecule has 2 aromatic rings. The van der Waals surface area contributed by atoms with Crippen LogP contribution in [0.1, 0.15) is 55.6 Å². The molecule has 3 N–H and O–H groups in total. The molecule has 1 aromatic heterocycles. The van der Waals surface area contributed by atoms with Gasteiger partial charge < -0.3 is 20.7 Å². The number of hydrogen-bond donors (Lipinski definition) is 2. The summed E-state index contributed by atoms with van der Waals surface area (Å²) in [6.45, 7) is 7.24. The molecule has 1 fully saturated rings. The molecule has 2 amide bonds. The van der Waals surface area contributed by atoms with Crippen molar-refractivity contribution in [2.45, 2.75) is 39.5 Å². The molecule has 7 heteroatoms. The molecule has 3 rings (SSSR count). The Bertz CT molecular complexity index is 928. The van der Waals surface area contributed by atoms with Crippen molar-refractivity contribution in [3.05, 3.63) is 47.7 Å². The maximum Gasteiger partial charge on any atom is 0.259 e. The minimum Gasteiger partial charge on any atom is -0.495 e. The van der Waals surface area contributed by atoms with Crippen molar-refractivity contribution in [3.63, 3.8) is 0 Å². The normalized spacial score (nSPS) is 15.0. The number of nitrogens with two attached hydrogens (primary N) is 1. The number of aromatic nitrogens is 1. The smallest absolute Gasteiger partial charge is 0.259 e. The van der Waals surface area contributed by atoms with Crippen LogP contribution < -0.4 is 15.8 Å². The number of ether oxygens (including phenoxy) is 1. The maximum absolute atomic E-state index is 12.7. The standard InChI is InChI=1S/C23H30N4O3/c1-23(2,3)22(29)27-13-11-15(12-14-27)17-10-9-16(20(24)25-17)21(28)26-18-7-5-6-8-19(18)30-4/h5-10,15H,11-14H2,1-4H3,(H2,24,25)(H,26,28). The van der Waals surface area contributed by atoms with Gasteiger partial charge in [-0.1, -0.05) is 32.9 Å². The number of carbonyl (C=O) groups excluding carboxylic acids is 2. The van der Waals surface area contributed by atoms with Crippen molar-refractivity contribution in [2.24, 2.45) is 5.41 Å². The predicted octanol–water partition coefficient (Wildman–Crippen LogP) is 3.68. The highest BCUT2D eigenvalue weighted by atomic mass is 16.5. The van der Waals surface area contributed by atoms with Gasteiger partial charge in [-0.05, 0) is 37.1 Å². The summed E-state index contributed by atoms with van der Waals surface area (Å²) in [5.41, 5.74) is 7.51. The van der Waals surface area contributed by atoms with Crippen molar-refractivity contribution in [3.8, 4) is 5.75 Å². The number of para-hydroxylation sites is 2. The Balaban J connectivity index is 1.67. The molecule has 7 nitrogen and oxygen atoms in total. The van der Waals surface area contributed by atoms with Gasteiger partial charge in [0.2, 0.25) is 5.91 Å². The number of likely N-dealkylation sites (tertiary alicyclic amines) is 1. The first kappa shape index (κ1) is 21.6. The largest absolute Gasteiger partial charge is 0.495 e. The number of benzene rings is 1. The quantitative estimate of drug-likeness (QED) is 0.801. The number of anilines is 2. The van der Waals surface area contributed by atoms with E-state index in [0.717, 1.165) is 18.5 Å². The SMILES string of the molecule is COc1ccccc1NC(=O)c1ccc(C2CCN(C(=O)C(C)(C)C)CC2)nc1N. The number of nitrogens with one attached hydrogen (secondary N) is 1. The fraction of sp³-hybridized carbons (Fsp3) is 0.435. The van der Waals surface area contributed by atoms with Crippen LogP contribution in [0.25, 0.3) is 0 Å². The summed E-state index contributed by atoms with van der Waals surface area (Å²) in [4.78, 5) is 31.6. The van der Waals surface area contributed by atoms with E-state index in [0.29, 0.717) is 30.1 Å². The van der Waals surface area contributed by atoms with Crippen molar-refractivity contribution in [1.29, 1.82) is 0 Å². The molecule has 0 aliphatic carbocycles. The summed E-state index contributed by atoms with van der Waals surface area (Å²) in [6.07, 6.45) is 1.67. The molecule has 2 heterocycles. The molecule has 0 spiro atoms. The highest BCUT2D eigenvalue weighted by molar-refractivity contribution is 6.07. The lowest BCUT2D eigenvalue weighted by atomic mass is 9.89. The Labute approximate surface area is 177 Å². The third-order valence-corrected chi connectivity index (χ3v) is 5.39. The lowest BCUT2D eigenvalue weighted by Crippen LogP contribution is -2.43. The number of piperidine rings is 1. The van der Waals surface area contributed by atoms with Gasteiger partial charge in [-0.2, -0.15) is 0 Å². The van der Waals surface area contributed by atoms with Crippen molar-refractivity contribution in [1.82, 2.24) is 9.88 Å². The Morgan fingerprint density at radius 2 is 1.80 bits per heavy atom. The number of nitrogens with zero attached hydrogens (tertiary/aromatic N) is 2. The lowest BCUT2D eigenvalue weighted by molar-refractivity contribution is -0.140. The molecule has 1 aliphatic rings. The van der Waals surface area contributed by atoms with Crippen LogP contribution in [0.4, 0.5) is 11.5 Å². The molecule has 160 valence electrons. The van der Waals surface area contributed by atoms with Gasteiger partial charge in [0.1, 0.15) is 11.6 Å². The summed E-state index contributed by atoms with van der Waals surface area (Å²) in [5.74, 6) is 0.847. The topological polar surface area (TPSA) is 97.5 Å². The fourth-order valence-electron chi connectivity index (χ4n) is 3.70. The number of carbonyl (C=O) groups is 2. The van der Waals surface area contributed by atoms with Gasteiger partial charge in [-0.3, -0.25) is 9.59 Å². The second-order valence-electron chi connectivity index (χ2n) is 8.64. The summed E-state index contributed by atoms with van der Waals surface area (Å²) in [5, 5.41) is 2.82. The molecule has 0 unspecified atom stereocenters. The van der Waals surface area contributed by atoms with E-state index in [1.54, 1.807) is 25.3 Å². The van der Waals surface area contributed by atoms with Gasteiger partial charge in [0.15, 0.2) is 0 Å². The van der Waals surface area contributed by atoms with E-state index in [2.05, 4.69) is 10.3 Å². The molecular formula is C23H30N4O3. The first-order chi connectivity index (χ1) is 14.2. The lowest BCUT2D eigenvalue weighted by Gasteiger charge is -2.35. The van der Waals surface area contributed by atoms with Crippen LogP contribution in [0.5, 0.6) is 5.75 Å². The van der Waals surface area contributed by atoms with Gasteiger partial charge in [0, 0.05) is 30.1 Å². The van der Waals surface area contributed by atoms with Gasteiger partial charge in [0.05, 0.1) is 18.4 Å². The molecule has 0 atom stereocenters. The second kappa shape index (κ2) is 8.73. The Hall–Kier alpha value is -3.09. The third kappa shape index (κ3) is 4.72. The Kier molecular flexibility index (Phi) is 6.29. The van der Waals surface area contributed by atoms with Crippen LogP contribution in [-0.2, 0) is 4.79 Å². The zero-order valence-electron chi connectivity index (χ0n) is 18.1. The summed E-state index contributed by atoms with van der Waals surface area (Å²) in [7, 11) is 1.55. The van der Waals surface area contributed by atoms with Crippen molar-refractivity contribution < 1.29 is 14.3 Å².